The second kappa shape index (κ2) is 12.8. The van der Waals surface area contributed by atoms with Gasteiger partial charge in [0.05, 0.1) is 28.1 Å². The predicted octanol–water partition coefficient (Wildman–Crippen LogP) is 15.7. The Morgan fingerprint density at radius 3 is 1.32 bits per heavy atom. The summed E-state index contributed by atoms with van der Waals surface area (Å²) in [5.74, 6) is 0. The Balaban J connectivity index is 1.24. The zero-order valence-electron chi connectivity index (χ0n) is 36.0. The van der Waals surface area contributed by atoms with Gasteiger partial charge in [-0.05, 0) is 85.5 Å². The lowest BCUT2D eigenvalue weighted by Crippen LogP contribution is -2.36. The zero-order chi connectivity index (χ0) is 42.2. The summed E-state index contributed by atoms with van der Waals surface area (Å²) < 4.78 is 2.72. The van der Waals surface area contributed by atoms with Gasteiger partial charge in [-0.2, -0.15) is 0 Å². The van der Waals surface area contributed by atoms with Crippen molar-refractivity contribution in [3.8, 4) is 33.4 Å². The number of nitrogens with zero attached hydrogens (tertiary/aromatic N) is 2. The number of fused-ring (bicyclic) bond motifs is 12. The molecule has 0 atom stereocenters. The highest BCUT2D eigenvalue weighted by Gasteiger charge is 2.49. The second-order valence-corrected chi connectivity index (χ2v) is 18.8. The summed E-state index contributed by atoms with van der Waals surface area (Å²) in [5.41, 5.74) is 21.9. The van der Waals surface area contributed by atoms with E-state index in [4.69, 9.17) is 0 Å². The van der Waals surface area contributed by atoms with Crippen LogP contribution in [0.4, 0.5) is 17.1 Å². The first kappa shape index (κ1) is 36.3. The molecule has 0 fully saturated rings. The first-order valence-corrected chi connectivity index (χ1v) is 22.4. The molecule has 0 unspecified atom stereocenters. The van der Waals surface area contributed by atoms with Gasteiger partial charge in [0.15, 0.2) is 0 Å². The van der Waals surface area contributed by atoms with Crippen LogP contribution in [-0.4, -0.2) is 4.57 Å². The van der Waals surface area contributed by atoms with Crippen molar-refractivity contribution in [1.29, 1.82) is 0 Å². The third-order valence-electron chi connectivity index (χ3n) is 15.0. The summed E-state index contributed by atoms with van der Waals surface area (Å²) in [6, 6.07) is 77.8. The van der Waals surface area contributed by atoms with E-state index in [1.807, 2.05) is 0 Å². The predicted molar refractivity (Wildman–Crippen MR) is 263 cm³/mol. The SMILES string of the molecule is CC1(C)c2ccccc2-c2c(N(c3cccc4c3-c3ccccc3C4(C)C)c3cccc4c5ccccc5n(C5(c6ccccc6)c6ccccc6-c6ccccc65)c34)cccc21. The van der Waals surface area contributed by atoms with Gasteiger partial charge >= 0.3 is 0 Å². The van der Waals surface area contributed by atoms with Crippen LogP contribution in [0, 0.1) is 0 Å². The van der Waals surface area contributed by atoms with E-state index in [0.29, 0.717) is 0 Å². The highest BCUT2D eigenvalue weighted by molar-refractivity contribution is 6.15. The quantitative estimate of drug-likeness (QED) is 0.168. The Morgan fingerprint density at radius 2 is 0.746 bits per heavy atom. The van der Waals surface area contributed by atoms with Crippen molar-refractivity contribution in [2.24, 2.45) is 0 Å². The minimum absolute atomic E-state index is 0.170. The zero-order valence-corrected chi connectivity index (χ0v) is 36.0. The summed E-state index contributed by atoms with van der Waals surface area (Å²) in [6.45, 7) is 9.56. The van der Waals surface area contributed by atoms with E-state index in [-0.39, 0.29) is 10.8 Å². The third kappa shape index (κ3) is 4.58. The molecule has 2 nitrogen and oxygen atoms in total. The molecular formula is C61H46N2. The van der Waals surface area contributed by atoms with Crippen molar-refractivity contribution < 1.29 is 0 Å². The van der Waals surface area contributed by atoms with Crippen molar-refractivity contribution >= 4 is 38.9 Å². The molecule has 1 heterocycles. The van der Waals surface area contributed by atoms with Crippen molar-refractivity contribution in [2.75, 3.05) is 4.90 Å². The number of hydrogen-bond donors (Lipinski definition) is 0. The summed E-state index contributed by atoms with van der Waals surface area (Å²) in [5, 5.41) is 2.47. The topological polar surface area (TPSA) is 8.17 Å². The van der Waals surface area contributed by atoms with Crippen LogP contribution in [0.1, 0.15) is 66.6 Å². The molecule has 0 N–H and O–H groups in total. The Hall–Kier alpha value is -7.42. The van der Waals surface area contributed by atoms with Crippen LogP contribution in [-0.2, 0) is 16.4 Å². The van der Waals surface area contributed by atoms with E-state index in [1.54, 1.807) is 0 Å². The molecule has 3 aliphatic rings. The summed E-state index contributed by atoms with van der Waals surface area (Å²) >= 11 is 0. The van der Waals surface area contributed by atoms with Gasteiger partial charge in [-0.1, -0.05) is 210 Å². The Morgan fingerprint density at radius 1 is 0.333 bits per heavy atom. The molecule has 0 radical (unpaired) electrons. The van der Waals surface area contributed by atoms with E-state index in [0.717, 1.165) is 5.69 Å². The Labute approximate surface area is 369 Å². The Bertz CT molecular complexity index is 3370. The smallest absolute Gasteiger partial charge is 0.122 e. The van der Waals surface area contributed by atoms with Crippen molar-refractivity contribution in [1.82, 2.24) is 4.57 Å². The van der Waals surface area contributed by atoms with Crippen LogP contribution in [0.2, 0.25) is 0 Å². The van der Waals surface area contributed by atoms with Gasteiger partial charge in [0, 0.05) is 32.7 Å². The van der Waals surface area contributed by atoms with Crippen LogP contribution in [0.5, 0.6) is 0 Å². The normalized spacial score (nSPS) is 15.4. The lowest BCUT2D eigenvalue weighted by Gasteiger charge is -2.38. The highest BCUT2D eigenvalue weighted by Crippen LogP contribution is 2.61. The fraction of sp³-hybridized carbons (Fsp3) is 0.115. The molecule has 0 saturated carbocycles. The van der Waals surface area contributed by atoms with Crippen molar-refractivity contribution in [3.63, 3.8) is 0 Å². The summed E-state index contributed by atoms with van der Waals surface area (Å²) in [7, 11) is 0. The van der Waals surface area contributed by atoms with Crippen LogP contribution in [0.3, 0.4) is 0 Å². The first-order valence-electron chi connectivity index (χ1n) is 22.4. The average molecular weight is 807 g/mol. The van der Waals surface area contributed by atoms with Gasteiger partial charge < -0.3 is 9.47 Å². The van der Waals surface area contributed by atoms with Crippen LogP contribution in [0.25, 0.3) is 55.2 Å². The number of anilines is 3. The van der Waals surface area contributed by atoms with E-state index >= 15 is 0 Å². The minimum Gasteiger partial charge on any atom is -0.320 e. The van der Waals surface area contributed by atoms with Crippen molar-refractivity contribution in [3.05, 3.63) is 245 Å². The number of benzene rings is 9. The summed E-state index contributed by atoms with van der Waals surface area (Å²) in [6.07, 6.45) is 0. The van der Waals surface area contributed by atoms with Gasteiger partial charge in [0.25, 0.3) is 0 Å². The number of para-hydroxylation sites is 2. The van der Waals surface area contributed by atoms with Gasteiger partial charge in [-0.3, -0.25) is 0 Å². The molecule has 2 heteroatoms. The molecule has 63 heavy (non-hydrogen) atoms. The summed E-state index contributed by atoms with van der Waals surface area (Å²) in [4.78, 5) is 2.65. The maximum atomic E-state index is 2.72. The molecule has 10 aromatic rings. The molecule has 300 valence electrons. The third-order valence-corrected chi connectivity index (χ3v) is 15.0. The lowest BCUT2D eigenvalue weighted by atomic mass is 9.80. The molecule has 0 aliphatic heterocycles. The molecule has 9 aromatic carbocycles. The minimum atomic E-state index is -0.696. The van der Waals surface area contributed by atoms with Gasteiger partial charge in [0.2, 0.25) is 0 Å². The van der Waals surface area contributed by atoms with E-state index in [9.17, 15) is 0 Å². The van der Waals surface area contributed by atoms with Crippen LogP contribution in [0.15, 0.2) is 206 Å². The molecule has 1 aromatic heterocycles. The fourth-order valence-electron chi connectivity index (χ4n) is 12.3. The molecule has 0 bridgehead atoms. The van der Waals surface area contributed by atoms with E-state index < -0.39 is 5.54 Å². The first-order chi connectivity index (χ1) is 30.8. The molecule has 0 amide bonds. The molecule has 13 rings (SSSR count). The molecule has 3 aliphatic carbocycles. The molecular weight excluding hydrogens is 761 g/mol. The number of hydrogen-bond acceptors (Lipinski definition) is 1. The van der Waals surface area contributed by atoms with Gasteiger partial charge in [-0.25, -0.2) is 0 Å². The van der Waals surface area contributed by atoms with Gasteiger partial charge in [0.1, 0.15) is 5.54 Å². The molecule has 0 saturated heterocycles. The van der Waals surface area contributed by atoms with Crippen LogP contribution < -0.4 is 4.90 Å². The highest BCUT2D eigenvalue weighted by atomic mass is 15.2. The standard InChI is InChI=1S/C61H46N2/c1-59(2)46-29-13-10-26-44(46)56-50(59)33-19-36-53(56)62(54-37-20-34-51-57(54)45-27-11-14-30-47(45)60(51,3)4)55-38-18-28-43-42-25-12-17-35-52(42)63(58(43)55)61(39-21-6-5-7-22-39)48-31-15-8-23-40(48)41-24-9-16-32-49(41)61/h5-38H,1-4H3. The van der Waals surface area contributed by atoms with Gasteiger partial charge in [-0.15, -0.1) is 0 Å². The van der Waals surface area contributed by atoms with E-state index in [2.05, 4.69) is 243 Å². The van der Waals surface area contributed by atoms with Crippen molar-refractivity contribution in [2.45, 2.75) is 44.1 Å². The molecule has 0 spiro atoms. The van der Waals surface area contributed by atoms with Crippen LogP contribution >= 0.6 is 0 Å². The largest absolute Gasteiger partial charge is 0.320 e. The van der Waals surface area contributed by atoms with E-state index in [1.165, 1.54) is 106 Å². The number of aromatic nitrogens is 1. The monoisotopic (exact) mass is 806 g/mol. The maximum Gasteiger partial charge on any atom is 0.122 e. The second-order valence-electron chi connectivity index (χ2n) is 18.8. The number of rotatable bonds is 5. The lowest BCUT2D eigenvalue weighted by molar-refractivity contribution is 0.564. The Kier molecular flexibility index (Phi) is 7.37. The average Bonchev–Trinajstić information content (AvgIpc) is 3.98. The maximum absolute atomic E-state index is 2.72. The fourth-order valence-corrected chi connectivity index (χ4v) is 12.3.